The van der Waals surface area contributed by atoms with Gasteiger partial charge in [0.25, 0.3) is 5.91 Å². The maximum Gasteiger partial charge on any atom is 0.251 e. The molecule has 1 unspecified atom stereocenters. The molecule has 1 N–H and O–H groups in total. The minimum absolute atomic E-state index is 0.130. The fraction of sp³-hybridized carbons (Fsp3) is 0.500. The van der Waals surface area contributed by atoms with Crippen molar-refractivity contribution in [3.63, 3.8) is 0 Å². The van der Waals surface area contributed by atoms with Crippen LogP contribution in [0.2, 0.25) is 0 Å². The van der Waals surface area contributed by atoms with E-state index in [1.807, 2.05) is 18.0 Å². The summed E-state index contributed by atoms with van der Waals surface area (Å²) in [7, 11) is 1.82. The maximum atomic E-state index is 12.3. The molecule has 0 spiro atoms. The van der Waals surface area contributed by atoms with Crippen LogP contribution in [0.25, 0.3) is 11.0 Å². The van der Waals surface area contributed by atoms with Crippen LogP contribution in [0.1, 0.15) is 29.6 Å². The third-order valence-electron chi connectivity index (χ3n) is 4.65. The average molecular weight is 313 g/mol. The number of hydrogen-bond donors (Lipinski definition) is 1. The Hall–Kier alpha value is -2.44. The summed E-state index contributed by atoms with van der Waals surface area (Å²) in [4.78, 5) is 26.2. The third-order valence-corrected chi connectivity index (χ3v) is 4.65. The Morgan fingerprint density at radius 3 is 3.00 bits per heavy atom. The van der Waals surface area contributed by atoms with Gasteiger partial charge in [-0.15, -0.1) is 5.10 Å². The standard InChI is InChI=1S/C16H19N5O2/c1-20-14-5-2-11(7-13(14)18-19-20)16(23)17-8-10-6-15(22)21(9-10)12-3-4-12/h2,5,7,10,12H,3-4,6,8-9H2,1H3,(H,17,23). The van der Waals surface area contributed by atoms with E-state index in [0.717, 1.165) is 24.9 Å². The minimum Gasteiger partial charge on any atom is -0.352 e. The van der Waals surface area contributed by atoms with Crippen LogP contribution in [-0.4, -0.2) is 50.8 Å². The van der Waals surface area contributed by atoms with Crippen molar-refractivity contribution in [1.29, 1.82) is 0 Å². The predicted molar refractivity (Wildman–Crippen MR) is 83.7 cm³/mol. The van der Waals surface area contributed by atoms with Crippen molar-refractivity contribution < 1.29 is 9.59 Å². The van der Waals surface area contributed by atoms with Gasteiger partial charge in [0.15, 0.2) is 0 Å². The van der Waals surface area contributed by atoms with Gasteiger partial charge in [-0.25, -0.2) is 4.68 Å². The van der Waals surface area contributed by atoms with E-state index in [2.05, 4.69) is 15.6 Å². The maximum absolute atomic E-state index is 12.3. The fourth-order valence-corrected chi connectivity index (χ4v) is 3.21. The molecule has 2 heterocycles. The first-order valence-electron chi connectivity index (χ1n) is 7.99. The molecule has 1 saturated carbocycles. The highest BCUT2D eigenvalue weighted by atomic mass is 16.2. The normalized spacial score (nSPS) is 21.2. The molecule has 1 atom stereocenters. The number of nitrogens with zero attached hydrogens (tertiary/aromatic N) is 4. The molecule has 2 aromatic rings. The molecule has 0 radical (unpaired) electrons. The van der Waals surface area contributed by atoms with Gasteiger partial charge in [-0.1, -0.05) is 5.21 Å². The Morgan fingerprint density at radius 2 is 2.22 bits per heavy atom. The molecule has 23 heavy (non-hydrogen) atoms. The number of hydrogen-bond acceptors (Lipinski definition) is 4. The Morgan fingerprint density at radius 1 is 1.39 bits per heavy atom. The van der Waals surface area contributed by atoms with Crippen LogP contribution in [0.3, 0.4) is 0 Å². The van der Waals surface area contributed by atoms with Crippen molar-refractivity contribution in [2.75, 3.05) is 13.1 Å². The Kier molecular flexibility index (Phi) is 3.28. The summed E-state index contributed by atoms with van der Waals surface area (Å²) in [6, 6.07) is 5.82. The van der Waals surface area contributed by atoms with Gasteiger partial charge in [0.05, 0.1) is 5.52 Å². The summed E-state index contributed by atoms with van der Waals surface area (Å²) in [6.45, 7) is 1.30. The summed E-state index contributed by atoms with van der Waals surface area (Å²) < 4.78 is 1.67. The summed E-state index contributed by atoms with van der Waals surface area (Å²) in [5.41, 5.74) is 2.17. The smallest absolute Gasteiger partial charge is 0.251 e. The predicted octanol–water partition coefficient (Wildman–Crippen LogP) is 0.709. The van der Waals surface area contributed by atoms with Crippen LogP contribution in [0, 0.1) is 5.92 Å². The molecule has 2 fully saturated rings. The van der Waals surface area contributed by atoms with E-state index in [4.69, 9.17) is 0 Å². The number of aromatic nitrogens is 3. The van der Waals surface area contributed by atoms with Crippen LogP contribution in [0.5, 0.6) is 0 Å². The van der Waals surface area contributed by atoms with E-state index in [1.165, 1.54) is 0 Å². The number of aryl methyl sites for hydroxylation is 1. The quantitative estimate of drug-likeness (QED) is 0.901. The van der Waals surface area contributed by atoms with Gasteiger partial charge in [0.2, 0.25) is 5.91 Å². The second-order valence-electron chi connectivity index (χ2n) is 6.47. The molecule has 7 nitrogen and oxygen atoms in total. The lowest BCUT2D eigenvalue weighted by atomic mass is 10.1. The number of likely N-dealkylation sites (tertiary alicyclic amines) is 1. The third kappa shape index (κ3) is 2.67. The van der Waals surface area contributed by atoms with Crippen molar-refractivity contribution in [3.8, 4) is 0 Å². The Labute approximate surface area is 133 Å². The van der Waals surface area contributed by atoms with Crippen molar-refractivity contribution in [1.82, 2.24) is 25.2 Å². The summed E-state index contributed by atoms with van der Waals surface area (Å²) in [5.74, 6) is 0.315. The van der Waals surface area contributed by atoms with Crippen molar-refractivity contribution in [3.05, 3.63) is 23.8 Å². The number of carbonyl (C=O) groups excluding carboxylic acids is 2. The molecule has 2 amide bonds. The highest BCUT2D eigenvalue weighted by Crippen LogP contribution is 2.32. The molecule has 4 rings (SSSR count). The highest BCUT2D eigenvalue weighted by molar-refractivity contribution is 5.97. The summed E-state index contributed by atoms with van der Waals surface area (Å²) in [5, 5.41) is 10.9. The first kappa shape index (κ1) is 14.2. The van der Waals surface area contributed by atoms with Gasteiger partial charge in [0.1, 0.15) is 5.52 Å². The zero-order valence-electron chi connectivity index (χ0n) is 13.0. The number of benzene rings is 1. The van der Waals surface area contributed by atoms with E-state index in [1.54, 1.807) is 16.8 Å². The first-order valence-corrected chi connectivity index (χ1v) is 7.99. The largest absolute Gasteiger partial charge is 0.352 e. The molecule has 1 saturated heterocycles. The molecular weight excluding hydrogens is 294 g/mol. The van der Waals surface area contributed by atoms with Crippen molar-refractivity contribution in [2.24, 2.45) is 13.0 Å². The fourth-order valence-electron chi connectivity index (χ4n) is 3.21. The van der Waals surface area contributed by atoms with Gasteiger partial charge in [-0.3, -0.25) is 9.59 Å². The lowest BCUT2D eigenvalue weighted by molar-refractivity contribution is -0.128. The van der Waals surface area contributed by atoms with E-state index in [-0.39, 0.29) is 17.7 Å². The molecule has 2 aliphatic rings. The Bertz CT molecular complexity index is 780. The number of amides is 2. The minimum atomic E-state index is -0.130. The number of nitrogens with one attached hydrogen (secondary N) is 1. The van der Waals surface area contributed by atoms with Crippen LogP contribution in [-0.2, 0) is 11.8 Å². The van der Waals surface area contributed by atoms with Crippen molar-refractivity contribution in [2.45, 2.75) is 25.3 Å². The van der Waals surface area contributed by atoms with Gasteiger partial charge in [-0.2, -0.15) is 0 Å². The topological polar surface area (TPSA) is 80.1 Å². The summed E-state index contributed by atoms with van der Waals surface area (Å²) >= 11 is 0. The number of fused-ring (bicyclic) bond motifs is 1. The van der Waals surface area contributed by atoms with E-state index < -0.39 is 0 Å². The lowest BCUT2D eigenvalue weighted by Crippen LogP contribution is -2.32. The molecule has 1 aromatic carbocycles. The molecule has 7 heteroatoms. The molecular formula is C16H19N5O2. The summed E-state index contributed by atoms with van der Waals surface area (Å²) in [6.07, 6.45) is 2.80. The number of rotatable bonds is 4. The molecule has 120 valence electrons. The second-order valence-corrected chi connectivity index (χ2v) is 6.47. The monoisotopic (exact) mass is 313 g/mol. The highest BCUT2D eigenvalue weighted by Gasteiger charge is 2.39. The van der Waals surface area contributed by atoms with E-state index in [9.17, 15) is 9.59 Å². The van der Waals surface area contributed by atoms with Gasteiger partial charge in [-0.05, 0) is 31.0 Å². The van der Waals surface area contributed by atoms with Crippen LogP contribution < -0.4 is 5.32 Å². The van der Waals surface area contributed by atoms with Crippen LogP contribution in [0.15, 0.2) is 18.2 Å². The second kappa shape index (κ2) is 5.33. The molecule has 1 aliphatic heterocycles. The first-order chi connectivity index (χ1) is 11.1. The van der Waals surface area contributed by atoms with Crippen molar-refractivity contribution >= 4 is 22.8 Å². The number of carbonyl (C=O) groups is 2. The Balaban J connectivity index is 1.38. The molecule has 1 aliphatic carbocycles. The van der Waals surface area contributed by atoms with Crippen LogP contribution in [0.4, 0.5) is 0 Å². The van der Waals surface area contributed by atoms with E-state index in [0.29, 0.717) is 30.1 Å². The lowest BCUT2D eigenvalue weighted by Gasteiger charge is -2.15. The van der Waals surface area contributed by atoms with E-state index >= 15 is 0 Å². The van der Waals surface area contributed by atoms with Gasteiger partial charge < -0.3 is 10.2 Å². The molecule has 0 bridgehead atoms. The van der Waals surface area contributed by atoms with Gasteiger partial charge in [0, 0.05) is 44.1 Å². The van der Waals surface area contributed by atoms with Gasteiger partial charge >= 0.3 is 0 Å². The zero-order valence-corrected chi connectivity index (χ0v) is 13.0. The van der Waals surface area contributed by atoms with Crippen LogP contribution >= 0.6 is 0 Å². The average Bonchev–Trinajstić information content (AvgIpc) is 3.23. The zero-order chi connectivity index (χ0) is 16.0. The molecule has 1 aromatic heterocycles. The SMILES string of the molecule is Cn1nnc2cc(C(=O)NCC3CC(=O)N(C4CC4)C3)ccc21.